The molecule has 1 unspecified atom stereocenters. The van der Waals surface area contributed by atoms with E-state index in [1.165, 1.54) is 18.2 Å². The van der Waals surface area contributed by atoms with E-state index in [2.05, 4.69) is 10.4 Å². The minimum absolute atomic E-state index is 0.0728. The Morgan fingerprint density at radius 1 is 1.09 bits per heavy atom. The summed E-state index contributed by atoms with van der Waals surface area (Å²) in [7, 11) is 0. The van der Waals surface area contributed by atoms with Crippen molar-refractivity contribution >= 4 is 11.4 Å². The number of aryl methyl sites for hydroxylation is 2. The van der Waals surface area contributed by atoms with Crippen molar-refractivity contribution in [3.05, 3.63) is 88.2 Å². The number of carbonyl (C=O) groups excluding carboxylic acids is 1. The molecule has 1 atom stereocenters. The van der Waals surface area contributed by atoms with Crippen molar-refractivity contribution in [2.75, 3.05) is 6.61 Å². The van der Waals surface area contributed by atoms with E-state index >= 15 is 0 Å². The number of hydrogen-bond donors (Lipinski definition) is 1. The number of hydrogen-bond acceptors (Lipinski definition) is 3. The molecule has 1 aliphatic rings. The third-order valence-corrected chi connectivity index (χ3v) is 6.26. The zero-order valence-corrected chi connectivity index (χ0v) is 19.4. The maximum absolute atomic E-state index is 14.6. The predicted octanol–water partition coefficient (Wildman–Crippen LogP) is 5.88. The lowest BCUT2D eigenvalue weighted by atomic mass is 9.99. The Bertz CT molecular complexity index is 1420. The van der Waals surface area contributed by atoms with Crippen LogP contribution >= 0.6 is 0 Å². The summed E-state index contributed by atoms with van der Waals surface area (Å²) in [6.07, 6.45) is 0. The van der Waals surface area contributed by atoms with Gasteiger partial charge in [-0.25, -0.2) is 13.3 Å². The number of amides is 1. The van der Waals surface area contributed by atoms with E-state index in [9.17, 15) is 13.6 Å². The molecule has 174 valence electrons. The molecule has 0 radical (unpaired) electrons. The number of ether oxygens (including phenoxy) is 1. The van der Waals surface area contributed by atoms with Gasteiger partial charge in [0.25, 0.3) is 5.91 Å². The van der Waals surface area contributed by atoms with Crippen molar-refractivity contribution in [2.24, 2.45) is 0 Å². The molecule has 3 heterocycles. The Morgan fingerprint density at radius 3 is 2.53 bits per heavy atom. The van der Waals surface area contributed by atoms with Gasteiger partial charge in [-0.05, 0) is 50.1 Å². The van der Waals surface area contributed by atoms with Gasteiger partial charge >= 0.3 is 0 Å². The summed E-state index contributed by atoms with van der Waals surface area (Å²) in [5.41, 5.74) is 4.48. The van der Waals surface area contributed by atoms with E-state index in [1.807, 2.05) is 39.0 Å². The Hall–Kier alpha value is -3.74. The maximum atomic E-state index is 14.6. The first-order valence-electron chi connectivity index (χ1n) is 11.3. The molecule has 2 aromatic carbocycles. The first kappa shape index (κ1) is 22.1. The van der Waals surface area contributed by atoms with Gasteiger partial charge in [-0.15, -0.1) is 0 Å². The number of carbonyl (C=O) groups is 1. The molecule has 0 saturated heterocycles. The van der Waals surface area contributed by atoms with Crippen molar-refractivity contribution in [3.63, 3.8) is 0 Å². The SMILES string of the molecule is Cc1ccc2c(c1)C(NC(=O)c1ccc3c(-c4c(F)cccc4F)c(C)nn3c1C(C)C)CO2. The molecule has 1 aliphatic heterocycles. The highest BCUT2D eigenvalue weighted by atomic mass is 19.1. The summed E-state index contributed by atoms with van der Waals surface area (Å²) in [6.45, 7) is 8.00. The van der Waals surface area contributed by atoms with Crippen molar-refractivity contribution in [1.29, 1.82) is 0 Å². The molecule has 0 saturated carbocycles. The number of benzene rings is 2. The standard InChI is InChI=1S/C27H25F2N3O2/c1-14(2)26-17(27(33)30-21-13-34-23-11-8-15(3)12-18(21)23)9-10-22-24(16(4)31-32(22)26)25-19(28)6-5-7-20(25)29/h5-12,14,21H,13H2,1-4H3,(H,30,33). The average Bonchev–Trinajstić information content (AvgIpc) is 3.33. The minimum atomic E-state index is -0.652. The highest BCUT2D eigenvalue weighted by Crippen LogP contribution is 2.36. The maximum Gasteiger partial charge on any atom is 0.253 e. The summed E-state index contributed by atoms with van der Waals surface area (Å²) < 4.78 is 36.6. The number of fused-ring (bicyclic) bond motifs is 2. The van der Waals surface area contributed by atoms with Gasteiger partial charge in [-0.2, -0.15) is 5.10 Å². The molecule has 0 fully saturated rings. The second kappa shape index (κ2) is 8.24. The smallest absolute Gasteiger partial charge is 0.253 e. The van der Waals surface area contributed by atoms with Crippen LogP contribution in [0.1, 0.15) is 58.7 Å². The number of aromatic nitrogens is 2. The van der Waals surface area contributed by atoms with Crippen LogP contribution in [0.2, 0.25) is 0 Å². The molecule has 5 rings (SSSR count). The molecular weight excluding hydrogens is 436 g/mol. The number of rotatable bonds is 4. The van der Waals surface area contributed by atoms with Gasteiger partial charge in [0.1, 0.15) is 24.0 Å². The first-order chi connectivity index (χ1) is 16.3. The molecule has 4 aromatic rings. The fraction of sp³-hybridized carbons (Fsp3) is 0.259. The number of nitrogens with one attached hydrogen (secondary N) is 1. The van der Waals surface area contributed by atoms with Crippen LogP contribution in [0.25, 0.3) is 16.6 Å². The summed E-state index contributed by atoms with van der Waals surface area (Å²) in [6, 6.07) is 12.9. The minimum Gasteiger partial charge on any atom is -0.491 e. The van der Waals surface area contributed by atoms with Crippen LogP contribution in [0.3, 0.4) is 0 Å². The van der Waals surface area contributed by atoms with Crippen LogP contribution in [0, 0.1) is 25.5 Å². The molecule has 0 bridgehead atoms. The number of halogens is 2. The lowest BCUT2D eigenvalue weighted by Crippen LogP contribution is -2.31. The van der Waals surface area contributed by atoms with Gasteiger partial charge in [0, 0.05) is 11.1 Å². The van der Waals surface area contributed by atoms with Gasteiger partial charge in [-0.3, -0.25) is 4.79 Å². The van der Waals surface area contributed by atoms with Crippen molar-refractivity contribution in [1.82, 2.24) is 14.9 Å². The van der Waals surface area contributed by atoms with Crippen LogP contribution in [0.4, 0.5) is 8.78 Å². The summed E-state index contributed by atoms with van der Waals surface area (Å²) in [4.78, 5) is 13.4. The van der Waals surface area contributed by atoms with Crippen molar-refractivity contribution in [3.8, 4) is 16.9 Å². The Kier molecular flexibility index (Phi) is 5.35. The molecule has 0 aliphatic carbocycles. The van der Waals surface area contributed by atoms with Gasteiger partial charge in [-0.1, -0.05) is 37.6 Å². The van der Waals surface area contributed by atoms with Gasteiger partial charge < -0.3 is 10.1 Å². The zero-order chi connectivity index (χ0) is 24.1. The fourth-order valence-corrected chi connectivity index (χ4v) is 4.73. The van der Waals surface area contributed by atoms with Crippen molar-refractivity contribution < 1.29 is 18.3 Å². The third kappa shape index (κ3) is 3.52. The summed E-state index contributed by atoms with van der Waals surface area (Å²) >= 11 is 0. The van der Waals surface area contributed by atoms with Crippen LogP contribution < -0.4 is 10.1 Å². The molecule has 2 aromatic heterocycles. The predicted molar refractivity (Wildman–Crippen MR) is 126 cm³/mol. The molecule has 0 spiro atoms. The normalized spacial score (nSPS) is 15.0. The third-order valence-electron chi connectivity index (χ3n) is 6.26. The van der Waals surface area contributed by atoms with Gasteiger partial charge in [0.05, 0.1) is 34.1 Å². The summed E-state index contributed by atoms with van der Waals surface area (Å²) in [5.74, 6) is -0.853. The average molecular weight is 462 g/mol. The Balaban J connectivity index is 1.59. The number of pyridine rings is 1. The molecular formula is C27H25F2N3O2. The summed E-state index contributed by atoms with van der Waals surface area (Å²) in [5, 5.41) is 7.68. The second-order valence-electron chi connectivity index (χ2n) is 9.02. The molecule has 1 N–H and O–H groups in total. The van der Waals surface area contributed by atoms with Crippen LogP contribution in [0.5, 0.6) is 5.75 Å². The Morgan fingerprint density at radius 2 is 1.82 bits per heavy atom. The first-order valence-corrected chi connectivity index (χ1v) is 11.3. The Labute approximate surface area is 196 Å². The monoisotopic (exact) mass is 461 g/mol. The van der Waals surface area contributed by atoms with E-state index in [0.717, 1.165) is 16.9 Å². The van der Waals surface area contributed by atoms with E-state index < -0.39 is 11.6 Å². The van der Waals surface area contributed by atoms with Gasteiger partial charge in [0.15, 0.2) is 0 Å². The van der Waals surface area contributed by atoms with Crippen LogP contribution in [-0.4, -0.2) is 22.1 Å². The number of nitrogens with zero attached hydrogens (tertiary/aromatic N) is 2. The van der Waals surface area contributed by atoms with Crippen molar-refractivity contribution in [2.45, 2.75) is 39.7 Å². The largest absolute Gasteiger partial charge is 0.491 e. The van der Waals surface area contributed by atoms with E-state index in [-0.39, 0.29) is 23.4 Å². The van der Waals surface area contributed by atoms with E-state index in [1.54, 1.807) is 23.6 Å². The molecule has 34 heavy (non-hydrogen) atoms. The topological polar surface area (TPSA) is 55.6 Å². The van der Waals surface area contributed by atoms with E-state index in [4.69, 9.17) is 4.74 Å². The second-order valence-corrected chi connectivity index (χ2v) is 9.02. The van der Waals surface area contributed by atoms with Gasteiger partial charge in [0.2, 0.25) is 0 Å². The highest BCUT2D eigenvalue weighted by Gasteiger charge is 2.29. The van der Waals surface area contributed by atoms with E-state index in [0.29, 0.717) is 34.6 Å². The lowest BCUT2D eigenvalue weighted by molar-refractivity contribution is 0.0928. The molecule has 7 heteroatoms. The quantitative estimate of drug-likeness (QED) is 0.413. The van der Waals surface area contributed by atoms with Crippen LogP contribution in [-0.2, 0) is 0 Å². The zero-order valence-electron chi connectivity index (χ0n) is 19.4. The van der Waals surface area contributed by atoms with Crippen LogP contribution in [0.15, 0.2) is 48.5 Å². The molecule has 5 nitrogen and oxygen atoms in total. The fourth-order valence-electron chi connectivity index (χ4n) is 4.73. The highest BCUT2D eigenvalue weighted by molar-refractivity contribution is 5.97. The lowest BCUT2D eigenvalue weighted by Gasteiger charge is -2.17. The molecule has 1 amide bonds.